The van der Waals surface area contributed by atoms with Crippen LogP contribution in [0.2, 0.25) is 0 Å². The minimum absolute atomic E-state index is 0.190. The Morgan fingerprint density at radius 2 is 2.17 bits per heavy atom. The number of hydrogen-bond donors (Lipinski definition) is 1. The molecular formula is C18H19N3OS2. The van der Waals surface area contributed by atoms with E-state index in [2.05, 4.69) is 48.4 Å². The predicted molar refractivity (Wildman–Crippen MR) is 99.5 cm³/mol. The number of carbonyl (C=O) groups excluding carboxylic acids is 1. The molecule has 124 valence electrons. The van der Waals surface area contributed by atoms with Crippen LogP contribution < -0.4 is 5.32 Å². The molecule has 1 atom stereocenters. The lowest BCUT2D eigenvalue weighted by atomic mass is 10.0. The third kappa shape index (κ3) is 3.19. The van der Waals surface area contributed by atoms with Crippen LogP contribution in [0.1, 0.15) is 32.9 Å². The van der Waals surface area contributed by atoms with Crippen molar-refractivity contribution < 1.29 is 4.79 Å². The number of rotatable bonds is 3. The number of nitrogens with zero attached hydrogens (tertiary/aromatic N) is 2. The van der Waals surface area contributed by atoms with Crippen LogP contribution in [-0.2, 0) is 0 Å². The third-order valence-electron chi connectivity index (χ3n) is 4.20. The van der Waals surface area contributed by atoms with Gasteiger partial charge in [0.15, 0.2) is 0 Å². The highest BCUT2D eigenvalue weighted by atomic mass is 32.2. The highest BCUT2D eigenvalue weighted by Crippen LogP contribution is 2.32. The van der Waals surface area contributed by atoms with E-state index in [9.17, 15) is 10.1 Å². The van der Waals surface area contributed by atoms with Crippen LogP contribution in [-0.4, -0.2) is 27.9 Å². The average Bonchev–Trinajstić information content (AvgIpc) is 3.14. The summed E-state index contributed by atoms with van der Waals surface area (Å²) in [5, 5.41) is 13.2. The van der Waals surface area contributed by atoms with Crippen molar-refractivity contribution in [2.45, 2.75) is 32.7 Å². The normalized spacial score (nSPS) is 19.9. The van der Waals surface area contributed by atoms with Crippen molar-refractivity contribution in [1.29, 1.82) is 5.26 Å². The van der Waals surface area contributed by atoms with Crippen LogP contribution in [0.5, 0.6) is 0 Å². The first kappa shape index (κ1) is 17.0. The fraction of sp³-hybridized carbons (Fsp3) is 0.389. The molecule has 1 aromatic carbocycles. The lowest BCUT2D eigenvalue weighted by Gasteiger charge is -2.20. The average molecular weight is 358 g/mol. The number of carbonyl (C=O) groups is 1. The molecule has 1 saturated heterocycles. The maximum absolute atomic E-state index is 12.7. The van der Waals surface area contributed by atoms with Gasteiger partial charge in [-0.15, -0.1) is 11.3 Å². The van der Waals surface area contributed by atoms with Gasteiger partial charge in [-0.2, -0.15) is 17.0 Å². The number of thioether (sulfide) groups is 1. The molecule has 1 amide bonds. The first-order chi connectivity index (χ1) is 11.4. The van der Waals surface area contributed by atoms with Crippen molar-refractivity contribution in [1.82, 2.24) is 10.3 Å². The summed E-state index contributed by atoms with van der Waals surface area (Å²) in [4.78, 5) is 17.8. The van der Waals surface area contributed by atoms with Gasteiger partial charge in [0.2, 0.25) is 0 Å². The number of benzene rings is 1. The van der Waals surface area contributed by atoms with E-state index in [1.165, 1.54) is 16.9 Å². The number of aryl methyl sites for hydroxylation is 3. The molecule has 0 spiro atoms. The zero-order valence-corrected chi connectivity index (χ0v) is 15.6. The molecule has 24 heavy (non-hydrogen) atoms. The smallest absolute Gasteiger partial charge is 0.264 e. The Bertz CT molecular complexity index is 829. The van der Waals surface area contributed by atoms with Crippen LogP contribution in [0, 0.1) is 32.1 Å². The van der Waals surface area contributed by atoms with Gasteiger partial charge in [-0.1, -0.05) is 23.8 Å². The zero-order valence-electron chi connectivity index (χ0n) is 14.0. The second kappa shape index (κ2) is 6.58. The number of nitrogens with one attached hydrogen (secondary N) is 1. The molecule has 2 heterocycles. The summed E-state index contributed by atoms with van der Waals surface area (Å²) in [6, 6.07) is 8.51. The summed E-state index contributed by atoms with van der Waals surface area (Å²) in [5.74, 6) is 1.37. The van der Waals surface area contributed by atoms with Crippen molar-refractivity contribution in [3.8, 4) is 16.6 Å². The van der Waals surface area contributed by atoms with Crippen molar-refractivity contribution in [3.63, 3.8) is 0 Å². The molecule has 0 unspecified atom stereocenters. The van der Waals surface area contributed by atoms with Gasteiger partial charge in [-0.05, 0) is 38.5 Å². The van der Waals surface area contributed by atoms with Crippen molar-refractivity contribution in [2.75, 3.05) is 11.5 Å². The van der Waals surface area contributed by atoms with E-state index in [4.69, 9.17) is 0 Å². The van der Waals surface area contributed by atoms with E-state index in [0.29, 0.717) is 22.7 Å². The molecular weight excluding hydrogens is 338 g/mol. The summed E-state index contributed by atoms with van der Waals surface area (Å²) in [6.07, 6.45) is 0.696. The fourth-order valence-electron chi connectivity index (χ4n) is 2.83. The molecule has 0 radical (unpaired) electrons. The molecule has 3 rings (SSSR count). The van der Waals surface area contributed by atoms with Crippen LogP contribution in [0.15, 0.2) is 18.2 Å². The molecule has 1 aliphatic rings. The van der Waals surface area contributed by atoms with Crippen molar-refractivity contribution in [2.24, 2.45) is 0 Å². The minimum atomic E-state index is -0.738. The second-order valence-corrected chi connectivity index (χ2v) is 8.31. The van der Waals surface area contributed by atoms with Gasteiger partial charge in [0.05, 0.1) is 11.8 Å². The van der Waals surface area contributed by atoms with Gasteiger partial charge in [0.1, 0.15) is 15.4 Å². The molecule has 1 aliphatic heterocycles. The Balaban J connectivity index is 1.89. The van der Waals surface area contributed by atoms with Crippen molar-refractivity contribution in [3.05, 3.63) is 39.9 Å². The Labute approximate surface area is 150 Å². The van der Waals surface area contributed by atoms with Gasteiger partial charge in [0, 0.05) is 11.3 Å². The maximum Gasteiger partial charge on any atom is 0.264 e. The number of thiazole rings is 1. The summed E-state index contributed by atoms with van der Waals surface area (Å²) in [5.41, 5.74) is 3.39. The highest BCUT2D eigenvalue weighted by molar-refractivity contribution is 7.99. The Morgan fingerprint density at radius 3 is 2.79 bits per heavy atom. The highest BCUT2D eigenvalue weighted by Gasteiger charge is 2.37. The van der Waals surface area contributed by atoms with E-state index in [1.807, 2.05) is 6.92 Å². The minimum Gasteiger partial charge on any atom is -0.332 e. The number of amides is 1. The lowest BCUT2D eigenvalue weighted by Crippen LogP contribution is -2.47. The van der Waals surface area contributed by atoms with Crippen LogP contribution in [0.25, 0.3) is 10.6 Å². The van der Waals surface area contributed by atoms with Crippen LogP contribution >= 0.6 is 23.1 Å². The number of aromatic nitrogens is 1. The third-order valence-corrected chi connectivity index (χ3v) is 6.58. The second-order valence-electron chi connectivity index (χ2n) is 6.20. The lowest BCUT2D eigenvalue weighted by molar-refractivity contribution is 0.0929. The number of hydrogen-bond acceptors (Lipinski definition) is 5. The van der Waals surface area contributed by atoms with E-state index >= 15 is 0 Å². The van der Waals surface area contributed by atoms with Gasteiger partial charge in [-0.25, -0.2) is 4.98 Å². The van der Waals surface area contributed by atoms with Crippen LogP contribution in [0.3, 0.4) is 0 Å². The van der Waals surface area contributed by atoms with E-state index in [0.717, 1.165) is 21.9 Å². The molecule has 4 nitrogen and oxygen atoms in total. The SMILES string of the molecule is Cc1ccc(-c2nc(C)c(C(=O)N[C@@]3(C#N)CCSC3)s2)c(C)c1. The summed E-state index contributed by atoms with van der Waals surface area (Å²) in [7, 11) is 0. The monoisotopic (exact) mass is 357 g/mol. The molecule has 6 heteroatoms. The first-order valence-electron chi connectivity index (χ1n) is 7.81. The predicted octanol–water partition coefficient (Wildman–Crippen LogP) is 3.86. The first-order valence-corrected chi connectivity index (χ1v) is 9.78. The maximum atomic E-state index is 12.7. The Morgan fingerprint density at radius 1 is 1.38 bits per heavy atom. The molecule has 1 aromatic heterocycles. The topological polar surface area (TPSA) is 65.8 Å². The van der Waals surface area contributed by atoms with Gasteiger partial charge < -0.3 is 5.32 Å². The number of nitriles is 1. The zero-order chi connectivity index (χ0) is 17.3. The largest absolute Gasteiger partial charge is 0.332 e. The van der Waals surface area contributed by atoms with E-state index < -0.39 is 5.54 Å². The summed E-state index contributed by atoms with van der Waals surface area (Å²) < 4.78 is 0. The Hall–Kier alpha value is -1.84. The van der Waals surface area contributed by atoms with E-state index in [1.54, 1.807) is 11.8 Å². The summed E-state index contributed by atoms with van der Waals surface area (Å²) >= 11 is 3.10. The fourth-order valence-corrected chi connectivity index (χ4v) is 5.15. The molecule has 2 aromatic rings. The Kier molecular flexibility index (Phi) is 4.66. The van der Waals surface area contributed by atoms with E-state index in [-0.39, 0.29) is 5.91 Å². The molecule has 0 bridgehead atoms. The van der Waals surface area contributed by atoms with Crippen molar-refractivity contribution >= 4 is 29.0 Å². The van der Waals surface area contributed by atoms with Gasteiger partial charge in [0.25, 0.3) is 5.91 Å². The molecule has 1 N–H and O–H groups in total. The van der Waals surface area contributed by atoms with Gasteiger partial charge >= 0.3 is 0 Å². The summed E-state index contributed by atoms with van der Waals surface area (Å²) in [6.45, 7) is 5.96. The molecule has 1 fully saturated rings. The quantitative estimate of drug-likeness (QED) is 0.906. The molecule has 0 saturated carbocycles. The van der Waals surface area contributed by atoms with Gasteiger partial charge in [-0.3, -0.25) is 4.79 Å². The standard InChI is InChI=1S/C18H19N3OS2/c1-11-4-5-14(12(2)8-11)17-20-13(3)15(24-17)16(22)21-18(9-19)6-7-23-10-18/h4-5,8H,6-7,10H2,1-3H3,(H,21,22)/t18-/m1/s1. The molecule has 0 aliphatic carbocycles. The van der Waals surface area contributed by atoms with Crippen LogP contribution in [0.4, 0.5) is 0 Å².